The number of aryl methyl sites for hydroxylation is 5. The second-order valence-corrected chi connectivity index (χ2v) is 9.12. The molecule has 0 aliphatic heterocycles. The van der Waals surface area contributed by atoms with Gasteiger partial charge in [-0.25, -0.2) is 4.98 Å². The number of hydrogen-bond acceptors (Lipinski definition) is 3. The van der Waals surface area contributed by atoms with Crippen LogP contribution in [0.3, 0.4) is 0 Å². The Labute approximate surface area is 205 Å². The van der Waals surface area contributed by atoms with Crippen LogP contribution < -0.4 is 10.1 Å². The largest absolute Gasteiger partial charge is 0.494 e. The molecule has 6 heteroatoms. The van der Waals surface area contributed by atoms with Gasteiger partial charge in [0.25, 0.3) is 5.91 Å². The number of fused-ring (bicyclic) bond motifs is 1. The van der Waals surface area contributed by atoms with Crippen molar-refractivity contribution in [2.24, 2.45) is 0 Å². The number of carbonyl (C=O) groups is 1. The molecule has 0 saturated carbocycles. The number of amides is 1. The van der Waals surface area contributed by atoms with Crippen molar-refractivity contribution in [1.29, 1.82) is 0 Å². The fourth-order valence-electron chi connectivity index (χ4n) is 4.23. The van der Waals surface area contributed by atoms with E-state index in [1.807, 2.05) is 76.2 Å². The monoisotopic (exact) mass is 475 g/mol. The number of benzene rings is 3. The highest BCUT2D eigenvalue weighted by Crippen LogP contribution is 2.26. The Balaban J connectivity index is 1.44. The molecule has 4 rings (SSSR count). The summed E-state index contributed by atoms with van der Waals surface area (Å²) >= 11 is 6.26. The van der Waals surface area contributed by atoms with Crippen molar-refractivity contribution in [2.45, 2.75) is 47.2 Å². The summed E-state index contributed by atoms with van der Waals surface area (Å²) in [5.74, 6) is 1.57. The minimum atomic E-state index is -0.0899. The summed E-state index contributed by atoms with van der Waals surface area (Å²) in [4.78, 5) is 17.6. The van der Waals surface area contributed by atoms with Gasteiger partial charge in [0.1, 0.15) is 11.6 Å². The van der Waals surface area contributed by atoms with Gasteiger partial charge in [0, 0.05) is 17.1 Å². The van der Waals surface area contributed by atoms with Gasteiger partial charge in [-0.15, -0.1) is 0 Å². The van der Waals surface area contributed by atoms with Gasteiger partial charge in [-0.05, 0) is 81.1 Å². The second-order valence-electron chi connectivity index (χ2n) is 8.74. The molecule has 1 N–H and O–H groups in total. The Morgan fingerprint density at radius 3 is 2.47 bits per heavy atom. The molecular weight excluding hydrogens is 446 g/mol. The topological polar surface area (TPSA) is 56.2 Å². The molecule has 4 aromatic rings. The van der Waals surface area contributed by atoms with Gasteiger partial charge >= 0.3 is 0 Å². The van der Waals surface area contributed by atoms with Crippen molar-refractivity contribution in [1.82, 2.24) is 14.9 Å². The van der Waals surface area contributed by atoms with Crippen molar-refractivity contribution in [3.8, 4) is 5.75 Å². The lowest BCUT2D eigenvalue weighted by molar-refractivity contribution is 0.0949. The number of hydrogen-bond donors (Lipinski definition) is 1. The Bertz CT molecular complexity index is 1320. The van der Waals surface area contributed by atoms with Crippen molar-refractivity contribution in [2.75, 3.05) is 6.61 Å². The number of ether oxygens (including phenoxy) is 1. The molecule has 0 spiro atoms. The first kappa shape index (κ1) is 23.8. The fourth-order valence-corrected chi connectivity index (χ4v) is 4.34. The minimum absolute atomic E-state index is 0.0899. The molecule has 3 aromatic carbocycles. The predicted octanol–water partition coefficient (Wildman–Crippen LogP) is 6.32. The van der Waals surface area contributed by atoms with E-state index in [9.17, 15) is 4.79 Å². The molecule has 5 nitrogen and oxygen atoms in total. The van der Waals surface area contributed by atoms with Crippen molar-refractivity contribution >= 4 is 28.5 Å². The first-order chi connectivity index (χ1) is 16.3. The van der Waals surface area contributed by atoms with Crippen LogP contribution in [-0.2, 0) is 13.1 Å². The number of carbonyl (C=O) groups excluding carboxylic acids is 1. The highest BCUT2D eigenvalue weighted by atomic mass is 35.5. The molecule has 0 aliphatic rings. The summed E-state index contributed by atoms with van der Waals surface area (Å²) < 4.78 is 8.16. The third kappa shape index (κ3) is 5.26. The third-order valence-electron chi connectivity index (χ3n) is 5.97. The Hall–Kier alpha value is -3.31. The lowest BCUT2D eigenvalue weighted by Gasteiger charge is -2.13. The molecule has 0 radical (unpaired) electrons. The smallest absolute Gasteiger partial charge is 0.251 e. The maximum Gasteiger partial charge on any atom is 0.251 e. The van der Waals surface area contributed by atoms with Crippen LogP contribution in [-0.4, -0.2) is 22.1 Å². The lowest BCUT2D eigenvalue weighted by atomic mass is 10.1. The maximum absolute atomic E-state index is 12.8. The highest BCUT2D eigenvalue weighted by molar-refractivity contribution is 6.32. The average molecular weight is 476 g/mol. The number of halogens is 1. The van der Waals surface area contributed by atoms with E-state index in [-0.39, 0.29) is 5.91 Å². The fraction of sp³-hybridized carbons (Fsp3) is 0.286. The van der Waals surface area contributed by atoms with E-state index in [0.29, 0.717) is 18.7 Å². The van der Waals surface area contributed by atoms with Crippen LogP contribution in [0, 0.1) is 27.7 Å². The average Bonchev–Trinajstić information content (AvgIpc) is 3.16. The lowest BCUT2D eigenvalue weighted by Crippen LogP contribution is -2.25. The second kappa shape index (κ2) is 10.3. The van der Waals surface area contributed by atoms with Gasteiger partial charge in [-0.2, -0.15) is 0 Å². The number of aromatic nitrogens is 2. The molecule has 1 amide bonds. The zero-order valence-electron chi connectivity index (χ0n) is 20.1. The SMILES string of the molecule is Cc1ccc(C(=O)NCc2nc3ccccc3n2CCCOc2cc(C)c(Cl)c(C)c2)c(C)c1. The zero-order valence-corrected chi connectivity index (χ0v) is 20.9. The Morgan fingerprint density at radius 1 is 1.00 bits per heavy atom. The molecular formula is C28H30ClN3O2. The van der Waals surface area contributed by atoms with E-state index < -0.39 is 0 Å². The predicted molar refractivity (Wildman–Crippen MR) is 138 cm³/mol. The molecule has 0 unspecified atom stereocenters. The number of nitrogens with zero attached hydrogens (tertiary/aromatic N) is 2. The van der Waals surface area contributed by atoms with E-state index in [0.717, 1.165) is 62.8 Å². The van der Waals surface area contributed by atoms with E-state index in [1.54, 1.807) is 0 Å². The van der Waals surface area contributed by atoms with E-state index in [2.05, 4.69) is 16.0 Å². The van der Waals surface area contributed by atoms with Gasteiger partial charge in [0.05, 0.1) is 24.2 Å². The van der Waals surface area contributed by atoms with Crippen LogP contribution >= 0.6 is 11.6 Å². The van der Waals surface area contributed by atoms with Crippen LogP contribution in [0.5, 0.6) is 5.75 Å². The summed E-state index contributed by atoms with van der Waals surface area (Å²) in [5.41, 5.74) is 6.80. The van der Waals surface area contributed by atoms with Gasteiger partial charge in [0.2, 0.25) is 0 Å². The molecule has 0 saturated heterocycles. The summed E-state index contributed by atoms with van der Waals surface area (Å²) in [6.07, 6.45) is 0.805. The summed E-state index contributed by atoms with van der Waals surface area (Å²) in [6, 6.07) is 17.8. The summed E-state index contributed by atoms with van der Waals surface area (Å²) in [5, 5.41) is 3.83. The number of para-hydroxylation sites is 2. The number of nitrogens with one attached hydrogen (secondary N) is 1. The molecule has 1 heterocycles. The van der Waals surface area contributed by atoms with Gasteiger partial charge in [-0.3, -0.25) is 4.79 Å². The van der Waals surface area contributed by atoms with E-state index in [4.69, 9.17) is 21.3 Å². The Kier molecular flexibility index (Phi) is 7.23. The standard InChI is InChI=1S/C28H30ClN3O2/c1-18-10-11-23(19(2)14-18)28(33)30-17-26-31-24-8-5-6-9-25(24)32(26)12-7-13-34-22-15-20(3)27(29)21(4)16-22/h5-6,8-11,14-16H,7,12-13,17H2,1-4H3,(H,30,33). The van der Waals surface area contributed by atoms with Crippen LogP contribution in [0.4, 0.5) is 0 Å². The first-order valence-corrected chi connectivity index (χ1v) is 11.9. The quantitative estimate of drug-likeness (QED) is 0.303. The van der Waals surface area contributed by atoms with Crippen molar-refractivity contribution < 1.29 is 9.53 Å². The molecule has 1 aromatic heterocycles. The van der Waals surface area contributed by atoms with Crippen LogP contribution in [0.1, 0.15) is 44.9 Å². The molecule has 0 aliphatic carbocycles. The van der Waals surface area contributed by atoms with Gasteiger partial charge in [0.15, 0.2) is 0 Å². The molecule has 0 atom stereocenters. The minimum Gasteiger partial charge on any atom is -0.494 e. The maximum atomic E-state index is 12.8. The molecule has 0 bridgehead atoms. The van der Waals surface area contributed by atoms with Gasteiger partial charge < -0.3 is 14.6 Å². The molecule has 0 fully saturated rings. The van der Waals surface area contributed by atoms with Crippen LogP contribution in [0.25, 0.3) is 11.0 Å². The molecule has 176 valence electrons. The van der Waals surface area contributed by atoms with Crippen LogP contribution in [0.2, 0.25) is 5.02 Å². The zero-order chi connectivity index (χ0) is 24.2. The van der Waals surface area contributed by atoms with Gasteiger partial charge in [-0.1, -0.05) is 41.4 Å². The highest BCUT2D eigenvalue weighted by Gasteiger charge is 2.14. The Morgan fingerprint density at radius 2 is 1.74 bits per heavy atom. The number of imidazole rings is 1. The summed E-state index contributed by atoms with van der Waals surface area (Å²) in [7, 11) is 0. The van der Waals surface area contributed by atoms with Crippen molar-refractivity contribution in [3.05, 3.63) is 93.3 Å². The first-order valence-electron chi connectivity index (χ1n) is 11.5. The molecule has 34 heavy (non-hydrogen) atoms. The number of rotatable bonds is 8. The van der Waals surface area contributed by atoms with Crippen LogP contribution in [0.15, 0.2) is 54.6 Å². The summed E-state index contributed by atoms with van der Waals surface area (Å²) in [6.45, 7) is 9.62. The van der Waals surface area contributed by atoms with E-state index >= 15 is 0 Å². The van der Waals surface area contributed by atoms with Crippen molar-refractivity contribution in [3.63, 3.8) is 0 Å². The third-order valence-corrected chi connectivity index (χ3v) is 6.57. The van der Waals surface area contributed by atoms with E-state index in [1.165, 1.54) is 0 Å². The normalized spacial score (nSPS) is 11.1.